The Bertz CT molecular complexity index is 437. The van der Waals surface area contributed by atoms with Crippen LogP contribution < -0.4 is 0 Å². The summed E-state index contributed by atoms with van der Waals surface area (Å²) in [6, 6.07) is 3.58. The van der Waals surface area contributed by atoms with Crippen LogP contribution >= 0.6 is 11.6 Å². The number of carbonyl (C=O) groups is 1. The third kappa shape index (κ3) is 4.78. The van der Waals surface area contributed by atoms with Crippen LogP contribution in [0.1, 0.15) is 25.8 Å². The van der Waals surface area contributed by atoms with E-state index in [4.69, 9.17) is 11.6 Å². The molecule has 106 valence electrons. The van der Waals surface area contributed by atoms with Crippen molar-refractivity contribution < 1.29 is 13.6 Å². The molecule has 0 heterocycles. The predicted molar refractivity (Wildman–Crippen MR) is 72.2 cm³/mol. The molecule has 0 spiro atoms. The van der Waals surface area contributed by atoms with Gasteiger partial charge in [0.1, 0.15) is 0 Å². The minimum atomic E-state index is -0.929. The molecule has 0 saturated heterocycles. The number of halogens is 3. The van der Waals surface area contributed by atoms with Crippen LogP contribution in [-0.2, 0) is 11.2 Å². The molecule has 0 aromatic heterocycles. The molecule has 0 radical (unpaired) electrons. The highest BCUT2D eigenvalue weighted by Gasteiger charge is 2.17. The Morgan fingerprint density at radius 3 is 2.53 bits per heavy atom. The van der Waals surface area contributed by atoms with E-state index in [2.05, 4.69) is 0 Å². The number of alkyl halides is 1. The first kappa shape index (κ1) is 15.9. The van der Waals surface area contributed by atoms with Crippen molar-refractivity contribution in [2.45, 2.75) is 32.7 Å². The average molecular weight is 290 g/mol. The molecule has 19 heavy (non-hydrogen) atoms. The first-order valence-electron chi connectivity index (χ1n) is 6.25. The lowest BCUT2D eigenvalue weighted by Gasteiger charge is -2.26. The van der Waals surface area contributed by atoms with E-state index in [0.29, 0.717) is 24.4 Å². The number of hydrogen-bond donors (Lipinski definition) is 0. The molecule has 1 aromatic carbocycles. The summed E-state index contributed by atoms with van der Waals surface area (Å²) in [6.45, 7) is 4.40. The maximum atomic E-state index is 13.1. The molecule has 0 fully saturated rings. The molecule has 0 N–H and O–H groups in total. The highest BCUT2D eigenvalue weighted by molar-refractivity contribution is 6.17. The average Bonchev–Trinajstić information content (AvgIpc) is 2.34. The Hall–Kier alpha value is -1.16. The maximum absolute atomic E-state index is 13.1. The third-order valence-electron chi connectivity index (χ3n) is 2.82. The van der Waals surface area contributed by atoms with Gasteiger partial charge in [-0.05, 0) is 38.0 Å². The number of benzene rings is 1. The SMILES string of the molecule is CC(C)N(CCCCl)C(=O)Cc1ccc(F)c(F)c1. The maximum Gasteiger partial charge on any atom is 0.227 e. The Morgan fingerprint density at radius 2 is 2.00 bits per heavy atom. The van der Waals surface area contributed by atoms with Crippen molar-refractivity contribution in [1.82, 2.24) is 4.90 Å². The lowest BCUT2D eigenvalue weighted by atomic mass is 10.1. The van der Waals surface area contributed by atoms with E-state index in [1.165, 1.54) is 6.07 Å². The fraction of sp³-hybridized carbons (Fsp3) is 0.500. The summed E-state index contributed by atoms with van der Waals surface area (Å²) in [5.41, 5.74) is 0.473. The second-order valence-corrected chi connectivity index (χ2v) is 5.03. The number of rotatable bonds is 6. The summed E-state index contributed by atoms with van der Waals surface area (Å²) in [5, 5.41) is 0. The lowest BCUT2D eigenvalue weighted by molar-refractivity contribution is -0.132. The molecule has 2 nitrogen and oxygen atoms in total. The molecule has 1 rings (SSSR count). The van der Waals surface area contributed by atoms with Crippen molar-refractivity contribution in [3.8, 4) is 0 Å². The van der Waals surface area contributed by atoms with Gasteiger partial charge in [0.05, 0.1) is 6.42 Å². The van der Waals surface area contributed by atoms with Crippen LogP contribution in [-0.4, -0.2) is 29.3 Å². The van der Waals surface area contributed by atoms with Crippen molar-refractivity contribution >= 4 is 17.5 Å². The van der Waals surface area contributed by atoms with Crippen LogP contribution in [0.4, 0.5) is 8.78 Å². The van der Waals surface area contributed by atoms with Gasteiger partial charge in [-0.25, -0.2) is 8.78 Å². The zero-order valence-electron chi connectivity index (χ0n) is 11.1. The molecule has 0 unspecified atom stereocenters. The third-order valence-corrected chi connectivity index (χ3v) is 3.08. The summed E-state index contributed by atoms with van der Waals surface area (Å²) in [7, 11) is 0. The monoisotopic (exact) mass is 289 g/mol. The molecule has 0 aliphatic rings. The lowest BCUT2D eigenvalue weighted by Crippen LogP contribution is -2.38. The van der Waals surface area contributed by atoms with E-state index < -0.39 is 11.6 Å². The molecule has 0 bridgehead atoms. The summed E-state index contributed by atoms with van der Waals surface area (Å²) < 4.78 is 25.9. The molecule has 0 aliphatic carbocycles. The second-order valence-electron chi connectivity index (χ2n) is 4.65. The van der Waals surface area contributed by atoms with Crippen LogP contribution in [0.5, 0.6) is 0 Å². The van der Waals surface area contributed by atoms with Gasteiger partial charge in [-0.1, -0.05) is 6.07 Å². The number of amides is 1. The minimum Gasteiger partial charge on any atom is -0.340 e. The van der Waals surface area contributed by atoms with Crippen molar-refractivity contribution in [3.05, 3.63) is 35.4 Å². The van der Waals surface area contributed by atoms with Crippen molar-refractivity contribution in [3.63, 3.8) is 0 Å². The van der Waals surface area contributed by atoms with Crippen LogP contribution in [0.15, 0.2) is 18.2 Å². The number of carbonyl (C=O) groups excluding carboxylic acids is 1. The largest absolute Gasteiger partial charge is 0.340 e. The van der Waals surface area contributed by atoms with E-state index >= 15 is 0 Å². The van der Waals surface area contributed by atoms with E-state index in [9.17, 15) is 13.6 Å². The highest BCUT2D eigenvalue weighted by atomic mass is 35.5. The summed E-state index contributed by atoms with van der Waals surface area (Å²) in [6.07, 6.45) is 0.779. The van der Waals surface area contributed by atoms with Gasteiger partial charge in [-0.2, -0.15) is 0 Å². The van der Waals surface area contributed by atoms with E-state index in [-0.39, 0.29) is 18.4 Å². The predicted octanol–water partition coefficient (Wildman–Crippen LogP) is 3.37. The van der Waals surface area contributed by atoms with Crippen LogP contribution in [0, 0.1) is 11.6 Å². The molecule has 5 heteroatoms. The Kier molecular flexibility index (Phi) is 6.22. The van der Waals surface area contributed by atoms with Crippen molar-refractivity contribution in [2.24, 2.45) is 0 Å². The van der Waals surface area contributed by atoms with Gasteiger partial charge in [0, 0.05) is 18.5 Å². The molecule has 0 atom stereocenters. The van der Waals surface area contributed by atoms with Gasteiger partial charge >= 0.3 is 0 Å². The van der Waals surface area contributed by atoms with Gasteiger partial charge in [0.15, 0.2) is 11.6 Å². The topological polar surface area (TPSA) is 20.3 Å². The summed E-state index contributed by atoms with van der Waals surface area (Å²) in [5.74, 6) is -1.45. The second kappa shape index (κ2) is 7.43. The smallest absolute Gasteiger partial charge is 0.227 e. The minimum absolute atomic E-state index is 0.0565. The van der Waals surface area contributed by atoms with Gasteiger partial charge in [0.2, 0.25) is 5.91 Å². The fourth-order valence-electron chi connectivity index (χ4n) is 1.83. The molecule has 1 amide bonds. The first-order valence-corrected chi connectivity index (χ1v) is 6.78. The van der Waals surface area contributed by atoms with Crippen molar-refractivity contribution in [2.75, 3.05) is 12.4 Å². The zero-order chi connectivity index (χ0) is 14.4. The standard InChI is InChI=1S/C14H18ClF2NO/c1-10(2)18(7-3-6-15)14(19)9-11-4-5-12(16)13(17)8-11/h4-5,8,10H,3,6-7,9H2,1-2H3. The van der Waals surface area contributed by atoms with E-state index in [1.54, 1.807) is 4.90 Å². The Balaban J connectivity index is 2.72. The van der Waals surface area contributed by atoms with Crippen LogP contribution in [0.2, 0.25) is 0 Å². The van der Waals surface area contributed by atoms with Crippen LogP contribution in [0.25, 0.3) is 0 Å². The highest BCUT2D eigenvalue weighted by Crippen LogP contribution is 2.11. The zero-order valence-corrected chi connectivity index (χ0v) is 11.9. The Labute approximate surface area is 117 Å². The molecular formula is C14H18ClF2NO. The summed E-state index contributed by atoms with van der Waals surface area (Å²) >= 11 is 5.62. The first-order chi connectivity index (χ1) is 8.95. The molecular weight excluding hydrogens is 272 g/mol. The normalized spacial score (nSPS) is 10.8. The van der Waals surface area contributed by atoms with E-state index in [0.717, 1.165) is 12.1 Å². The Morgan fingerprint density at radius 1 is 1.32 bits per heavy atom. The molecule has 0 saturated carbocycles. The van der Waals surface area contributed by atoms with Gasteiger partial charge < -0.3 is 4.90 Å². The number of nitrogens with zero attached hydrogens (tertiary/aromatic N) is 1. The quantitative estimate of drug-likeness (QED) is 0.735. The fourth-order valence-corrected chi connectivity index (χ4v) is 1.95. The van der Waals surface area contributed by atoms with Gasteiger partial charge in [0.25, 0.3) is 0 Å². The molecule has 1 aromatic rings. The van der Waals surface area contributed by atoms with Gasteiger partial charge in [-0.3, -0.25) is 4.79 Å². The number of hydrogen-bond acceptors (Lipinski definition) is 1. The van der Waals surface area contributed by atoms with Crippen molar-refractivity contribution in [1.29, 1.82) is 0 Å². The summed E-state index contributed by atoms with van der Waals surface area (Å²) in [4.78, 5) is 13.8. The van der Waals surface area contributed by atoms with E-state index in [1.807, 2.05) is 13.8 Å². The molecule has 0 aliphatic heterocycles. The van der Waals surface area contributed by atoms with Gasteiger partial charge in [-0.15, -0.1) is 11.6 Å². The van der Waals surface area contributed by atoms with Crippen LogP contribution in [0.3, 0.4) is 0 Å².